The Morgan fingerprint density at radius 1 is 1.50 bits per heavy atom. The second-order valence-electron chi connectivity index (χ2n) is 7.62. The first-order valence-corrected chi connectivity index (χ1v) is 8.94. The van der Waals surface area contributed by atoms with E-state index in [2.05, 4.69) is 6.58 Å². The van der Waals surface area contributed by atoms with E-state index >= 15 is 0 Å². The Hall–Kier alpha value is -1.92. The van der Waals surface area contributed by atoms with Crippen LogP contribution >= 0.6 is 0 Å². The van der Waals surface area contributed by atoms with Gasteiger partial charge in [0, 0.05) is 24.0 Å². The lowest BCUT2D eigenvalue weighted by molar-refractivity contribution is -0.154. The maximum Gasteiger partial charge on any atom is 0.334 e. The van der Waals surface area contributed by atoms with Gasteiger partial charge < -0.3 is 19.3 Å². The molecule has 6 atom stereocenters. The van der Waals surface area contributed by atoms with Crippen molar-refractivity contribution in [1.82, 2.24) is 0 Å². The molecule has 0 aromatic heterocycles. The number of esters is 2. The molecule has 6 nitrogen and oxygen atoms in total. The van der Waals surface area contributed by atoms with Crippen molar-refractivity contribution in [2.75, 3.05) is 0 Å². The lowest BCUT2D eigenvalue weighted by Crippen LogP contribution is -2.44. The van der Waals surface area contributed by atoms with Crippen LogP contribution in [0.1, 0.15) is 40.5 Å². The van der Waals surface area contributed by atoms with Crippen LogP contribution in [0.25, 0.3) is 0 Å². The number of aliphatic hydroxyl groups is 1. The summed E-state index contributed by atoms with van der Waals surface area (Å²) in [5.41, 5.74) is 0.766. The molecule has 1 N–H and O–H groups in total. The van der Waals surface area contributed by atoms with Gasteiger partial charge in [0.2, 0.25) is 0 Å². The summed E-state index contributed by atoms with van der Waals surface area (Å²) in [6, 6.07) is 0. The van der Waals surface area contributed by atoms with E-state index in [-0.39, 0.29) is 18.1 Å². The number of aliphatic hydroxyl groups excluding tert-OH is 1. The molecule has 0 aromatic rings. The van der Waals surface area contributed by atoms with E-state index in [4.69, 9.17) is 14.2 Å². The molecule has 0 aromatic carbocycles. The average Bonchev–Trinajstić information content (AvgIpc) is 3.03. The maximum absolute atomic E-state index is 12.4. The van der Waals surface area contributed by atoms with Crippen LogP contribution in [0, 0.1) is 5.92 Å². The van der Waals surface area contributed by atoms with E-state index in [0.717, 1.165) is 5.57 Å². The molecule has 0 saturated carbocycles. The van der Waals surface area contributed by atoms with E-state index in [1.807, 2.05) is 19.9 Å². The molecule has 26 heavy (non-hydrogen) atoms. The molecule has 142 valence electrons. The first kappa shape index (κ1) is 18.9. The highest BCUT2D eigenvalue weighted by molar-refractivity contribution is 5.92. The minimum absolute atomic E-state index is 0.255. The maximum atomic E-state index is 12.4. The van der Waals surface area contributed by atoms with Crippen molar-refractivity contribution in [1.29, 1.82) is 0 Å². The molecule has 0 radical (unpaired) electrons. The molecular weight excluding hydrogens is 336 g/mol. The average molecular weight is 362 g/mol. The van der Waals surface area contributed by atoms with Gasteiger partial charge in [-0.1, -0.05) is 12.7 Å². The Bertz CT molecular complexity index is 705. The van der Waals surface area contributed by atoms with Gasteiger partial charge in [0.1, 0.15) is 12.2 Å². The van der Waals surface area contributed by atoms with Crippen molar-refractivity contribution < 1.29 is 28.9 Å². The van der Waals surface area contributed by atoms with Crippen molar-refractivity contribution in [2.24, 2.45) is 5.92 Å². The Balaban J connectivity index is 2.02. The van der Waals surface area contributed by atoms with Crippen LogP contribution in [0.5, 0.6) is 0 Å². The topological polar surface area (TPSA) is 82.1 Å². The van der Waals surface area contributed by atoms with Crippen LogP contribution in [0.15, 0.2) is 35.5 Å². The molecule has 2 fully saturated rings. The van der Waals surface area contributed by atoms with E-state index in [0.29, 0.717) is 12.0 Å². The lowest BCUT2D eigenvalue weighted by atomic mass is 9.81. The second kappa shape index (κ2) is 6.67. The number of fused-ring (bicyclic) bond motifs is 3. The van der Waals surface area contributed by atoms with Crippen LogP contribution < -0.4 is 0 Å². The van der Waals surface area contributed by atoms with Crippen LogP contribution in [-0.2, 0) is 23.8 Å². The van der Waals surface area contributed by atoms with Gasteiger partial charge in [-0.05, 0) is 39.3 Å². The summed E-state index contributed by atoms with van der Waals surface area (Å²) in [5.74, 6) is -1.44. The number of carbonyl (C=O) groups excluding carboxylic acids is 2. The normalized spacial score (nSPS) is 42.1. The third-order valence-corrected chi connectivity index (χ3v) is 5.77. The summed E-state index contributed by atoms with van der Waals surface area (Å²) in [7, 11) is 0. The summed E-state index contributed by atoms with van der Waals surface area (Å²) < 4.78 is 17.3. The molecule has 0 unspecified atom stereocenters. The fraction of sp³-hybridized carbons (Fsp3) is 0.600. The zero-order valence-electron chi connectivity index (χ0n) is 15.7. The summed E-state index contributed by atoms with van der Waals surface area (Å²) in [6.07, 6.45) is 2.02. The Kier molecular flexibility index (Phi) is 4.84. The largest absolute Gasteiger partial charge is 0.458 e. The lowest BCUT2D eigenvalue weighted by Gasteiger charge is -2.34. The van der Waals surface area contributed by atoms with Gasteiger partial charge in [-0.15, -0.1) is 0 Å². The number of allylic oxidation sites excluding steroid dienone is 1. The molecule has 0 spiro atoms. The molecule has 3 heterocycles. The van der Waals surface area contributed by atoms with Gasteiger partial charge in [-0.25, -0.2) is 9.59 Å². The van der Waals surface area contributed by atoms with E-state index in [1.54, 1.807) is 19.9 Å². The van der Waals surface area contributed by atoms with Crippen molar-refractivity contribution >= 4 is 11.9 Å². The molecular formula is C20H26O6. The monoisotopic (exact) mass is 362 g/mol. The zero-order chi connectivity index (χ0) is 19.2. The Morgan fingerprint density at radius 2 is 2.19 bits per heavy atom. The fourth-order valence-corrected chi connectivity index (χ4v) is 3.90. The van der Waals surface area contributed by atoms with Crippen molar-refractivity contribution in [3.05, 3.63) is 35.5 Å². The summed E-state index contributed by atoms with van der Waals surface area (Å²) in [6.45, 7) is 11.0. The van der Waals surface area contributed by atoms with Gasteiger partial charge in [0.05, 0.1) is 23.7 Å². The molecule has 2 bridgehead atoms. The first-order chi connectivity index (χ1) is 12.2. The molecule has 6 heteroatoms. The zero-order valence-corrected chi connectivity index (χ0v) is 15.7. The van der Waals surface area contributed by atoms with Gasteiger partial charge in [-0.2, -0.15) is 0 Å². The summed E-state index contributed by atoms with van der Waals surface area (Å²) >= 11 is 0. The van der Waals surface area contributed by atoms with Gasteiger partial charge >= 0.3 is 11.9 Å². The Labute approximate surface area is 153 Å². The van der Waals surface area contributed by atoms with E-state index < -0.39 is 41.8 Å². The predicted molar refractivity (Wildman–Crippen MR) is 94.1 cm³/mol. The minimum Gasteiger partial charge on any atom is -0.458 e. The first-order valence-electron chi connectivity index (χ1n) is 8.94. The molecule has 2 saturated heterocycles. The third-order valence-electron chi connectivity index (χ3n) is 5.77. The minimum atomic E-state index is -0.880. The number of hydrogen-bond acceptors (Lipinski definition) is 6. The Morgan fingerprint density at radius 3 is 2.85 bits per heavy atom. The van der Waals surface area contributed by atoms with E-state index in [1.165, 1.54) is 0 Å². The highest BCUT2D eigenvalue weighted by Gasteiger charge is 2.53. The number of ether oxygens (including phenoxy) is 3. The smallest absolute Gasteiger partial charge is 0.334 e. The molecule has 3 aliphatic heterocycles. The van der Waals surface area contributed by atoms with Crippen LogP contribution in [0.4, 0.5) is 0 Å². The highest BCUT2D eigenvalue weighted by Crippen LogP contribution is 2.44. The highest BCUT2D eigenvalue weighted by atomic mass is 16.6. The van der Waals surface area contributed by atoms with Crippen molar-refractivity contribution in [3.63, 3.8) is 0 Å². The number of hydrogen-bond donors (Lipinski definition) is 1. The summed E-state index contributed by atoms with van der Waals surface area (Å²) in [4.78, 5) is 24.5. The van der Waals surface area contributed by atoms with E-state index in [9.17, 15) is 14.7 Å². The molecule has 3 aliphatic rings. The standard InChI is InChI=1S/C20H26O6/c1-6-10(2)18(22)25-15-9-20(5)16(21)8-13(26-20)11(3)7-14-17(15)12(4)19(23)24-14/h6-7,13-17,21H,4,8-9H2,1-3,5H3/b10-6-,11-7-/t13-,14-,15-,16-,17+,20-/m1/s1. The van der Waals surface area contributed by atoms with Crippen LogP contribution in [0.2, 0.25) is 0 Å². The van der Waals surface area contributed by atoms with Gasteiger partial charge in [-0.3, -0.25) is 0 Å². The van der Waals surface area contributed by atoms with Gasteiger partial charge in [0.25, 0.3) is 0 Å². The summed E-state index contributed by atoms with van der Waals surface area (Å²) in [5, 5.41) is 10.6. The van der Waals surface area contributed by atoms with Crippen LogP contribution in [-0.4, -0.2) is 47.1 Å². The van der Waals surface area contributed by atoms with Gasteiger partial charge in [0.15, 0.2) is 0 Å². The SMILES string of the molecule is C=C1C(=O)O[C@@H]2/C=C(/C)[C@H]3C[C@@H](O)[C@@](C)(C[C@@H](OC(=O)/C(C)=C\C)[C@@H]12)O3. The molecule has 0 amide bonds. The quantitative estimate of drug-likeness (QED) is 0.461. The van der Waals surface area contributed by atoms with Crippen molar-refractivity contribution in [2.45, 2.75) is 70.6 Å². The fourth-order valence-electron chi connectivity index (χ4n) is 3.90. The molecule has 0 aliphatic carbocycles. The molecule has 3 rings (SSSR count). The second-order valence-corrected chi connectivity index (χ2v) is 7.62. The third kappa shape index (κ3) is 3.12. The van der Waals surface area contributed by atoms with Crippen molar-refractivity contribution in [3.8, 4) is 0 Å². The number of carbonyl (C=O) groups is 2. The predicted octanol–water partition coefficient (Wildman–Crippen LogP) is 2.22. The van der Waals surface area contributed by atoms with Crippen LogP contribution in [0.3, 0.4) is 0 Å². The number of rotatable bonds is 2.